The van der Waals surface area contributed by atoms with Crippen LogP contribution in [0, 0.1) is 0 Å². The summed E-state index contributed by atoms with van der Waals surface area (Å²) in [7, 11) is 0. The molecule has 140 valence electrons. The predicted molar refractivity (Wildman–Crippen MR) is 90.2 cm³/mol. The van der Waals surface area contributed by atoms with E-state index in [0.717, 1.165) is 0 Å². The predicted octanol–water partition coefficient (Wildman–Crippen LogP) is 1.34. The first kappa shape index (κ1) is 17.4. The fourth-order valence-electron chi connectivity index (χ4n) is 3.17. The largest absolute Gasteiger partial charge is 0.507 e. The van der Waals surface area contributed by atoms with Crippen LogP contribution in [0.15, 0.2) is 48.8 Å². The van der Waals surface area contributed by atoms with Gasteiger partial charge in [0, 0.05) is 12.4 Å². The van der Waals surface area contributed by atoms with Gasteiger partial charge in [-0.15, -0.1) is 0 Å². The van der Waals surface area contributed by atoms with Crippen molar-refractivity contribution in [2.45, 2.75) is 24.4 Å². The minimum Gasteiger partial charge on any atom is -0.507 e. The highest BCUT2D eigenvalue weighted by Gasteiger charge is 2.51. The number of rotatable bonds is 4. The number of hydrogen-bond donors (Lipinski definition) is 1. The summed E-state index contributed by atoms with van der Waals surface area (Å²) in [6.07, 6.45) is 0.678. The van der Waals surface area contributed by atoms with Gasteiger partial charge >= 0.3 is 11.9 Å². The standard InChI is InChI=1S/C19H17NO7/c21-13-6-2-1-5-12(13)19(23)27-15-10-25-16-14(9-24-17(15)16)26-18(22)11-4-3-7-20-8-11/h1-8,14-17,21H,9-10H2/t14?,15-,16?,17+/m0/s1. The first-order valence-electron chi connectivity index (χ1n) is 8.46. The van der Waals surface area contributed by atoms with E-state index in [1.165, 1.54) is 18.3 Å². The van der Waals surface area contributed by atoms with Crippen LogP contribution in [0.4, 0.5) is 0 Å². The summed E-state index contributed by atoms with van der Waals surface area (Å²) >= 11 is 0. The number of phenolic OH excluding ortho intramolecular Hbond substituents is 1. The van der Waals surface area contributed by atoms with Crippen LogP contribution in [0.3, 0.4) is 0 Å². The number of para-hydroxylation sites is 1. The number of pyridine rings is 1. The van der Waals surface area contributed by atoms with Crippen molar-refractivity contribution in [1.82, 2.24) is 4.98 Å². The van der Waals surface area contributed by atoms with Crippen molar-refractivity contribution < 1.29 is 33.6 Å². The Hall–Kier alpha value is -2.97. The topological polar surface area (TPSA) is 104 Å². The second-order valence-electron chi connectivity index (χ2n) is 6.24. The molecule has 8 heteroatoms. The molecule has 2 saturated heterocycles. The minimum absolute atomic E-state index is 0.0681. The van der Waals surface area contributed by atoms with Crippen molar-refractivity contribution in [3.05, 3.63) is 59.9 Å². The second-order valence-corrected chi connectivity index (χ2v) is 6.24. The van der Waals surface area contributed by atoms with Gasteiger partial charge in [-0.2, -0.15) is 0 Å². The lowest BCUT2D eigenvalue weighted by atomic mass is 10.1. The van der Waals surface area contributed by atoms with E-state index in [2.05, 4.69) is 4.98 Å². The zero-order chi connectivity index (χ0) is 18.8. The Kier molecular flexibility index (Phi) is 4.74. The normalized spacial score (nSPS) is 26.4. The van der Waals surface area contributed by atoms with Gasteiger partial charge in [-0.3, -0.25) is 4.98 Å². The average molecular weight is 371 g/mol. The van der Waals surface area contributed by atoms with Crippen LogP contribution in [0.2, 0.25) is 0 Å². The fourth-order valence-corrected chi connectivity index (χ4v) is 3.17. The number of aromatic hydroxyl groups is 1. The number of carbonyl (C=O) groups excluding carboxylic acids is 2. The molecule has 0 bridgehead atoms. The fraction of sp³-hybridized carbons (Fsp3) is 0.316. The number of benzene rings is 1. The third-order valence-electron chi connectivity index (χ3n) is 4.50. The monoisotopic (exact) mass is 371 g/mol. The molecule has 1 N–H and O–H groups in total. The molecule has 0 radical (unpaired) electrons. The van der Waals surface area contributed by atoms with E-state index in [1.54, 1.807) is 30.5 Å². The maximum atomic E-state index is 12.3. The maximum absolute atomic E-state index is 12.3. The van der Waals surface area contributed by atoms with Crippen LogP contribution >= 0.6 is 0 Å². The Labute approximate surface area is 154 Å². The zero-order valence-electron chi connectivity index (χ0n) is 14.2. The molecule has 3 heterocycles. The van der Waals surface area contributed by atoms with Gasteiger partial charge in [0.1, 0.15) is 23.5 Å². The van der Waals surface area contributed by atoms with E-state index in [4.69, 9.17) is 18.9 Å². The lowest BCUT2D eigenvalue weighted by Crippen LogP contribution is -2.36. The quantitative estimate of drug-likeness (QED) is 0.803. The summed E-state index contributed by atoms with van der Waals surface area (Å²) < 4.78 is 22.2. The number of ether oxygens (including phenoxy) is 4. The van der Waals surface area contributed by atoms with Gasteiger partial charge in [0.05, 0.1) is 18.8 Å². The number of phenols is 1. The molecule has 2 aliphatic heterocycles. The molecule has 0 spiro atoms. The molecule has 2 aromatic rings. The van der Waals surface area contributed by atoms with Crippen LogP contribution in [0.25, 0.3) is 0 Å². The summed E-state index contributed by atoms with van der Waals surface area (Å²) in [6.45, 7) is 0.265. The molecule has 4 atom stereocenters. The third kappa shape index (κ3) is 3.49. The minimum atomic E-state index is -0.665. The smallest absolute Gasteiger partial charge is 0.342 e. The molecule has 0 saturated carbocycles. The van der Waals surface area contributed by atoms with E-state index < -0.39 is 36.4 Å². The highest BCUT2D eigenvalue weighted by atomic mass is 16.7. The van der Waals surface area contributed by atoms with Crippen molar-refractivity contribution in [2.24, 2.45) is 0 Å². The van der Waals surface area contributed by atoms with Gasteiger partial charge in [-0.25, -0.2) is 9.59 Å². The molecule has 1 aromatic heterocycles. The van der Waals surface area contributed by atoms with Crippen molar-refractivity contribution in [3.63, 3.8) is 0 Å². The van der Waals surface area contributed by atoms with Gasteiger partial charge in [0.25, 0.3) is 0 Å². The number of nitrogens with zero attached hydrogens (tertiary/aromatic N) is 1. The van der Waals surface area contributed by atoms with Crippen LogP contribution in [0.1, 0.15) is 20.7 Å². The summed E-state index contributed by atoms with van der Waals surface area (Å²) in [5, 5.41) is 9.77. The number of hydrogen-bond acceptors (Lipinski definition) is 8. The van der Waals surface area contributed by atoms with E-state index in [1.807, 2.05) is 0 Å². The van der Waals surface area contributed by atoms with Crippen molar-refractivity contribution in [1.29, 1.82) is 0 Å². The van der Waals surface area contributed by atoms with Crippen molar-refractivity contribution in [2.75, 3.05) is 13.2 Å². The van der Waals surface area contributed by atoms with E-state index in [9.17, 15) is 14.7 Å². The molecule has 1 aromatic carbocycles. The van der Waals surface area contributed by atoms with E-state index in [0.29, 0.717) is 5.56 Å². The zero-order valence-corrected chi connectivity index (χ0v) is 14.2. The van der Waals surface area contributed by atoms with Gasteiger partial charge in [0.15, 0.2) is 12.2 Å². The molecule has 2 aliphatic rings. The average Bonchev–Trinajstić information content (AvgIpc) is 3.26. The van der Waals surface area contributed by atoms with E-state index in [-0.39, 0.29) is 24.5 Å². The summed E-state index contributed by atoms with van der Waals surface area (Å²) in [6, 6.07) is 9.37. The molecule has 0 aliphatic carbocycles. The summed E-state index contributed by atoms with van der Waals surface area (Å²) in [5.74, 6) is -1.34. The Balaban J connectivity index is 1.38. The molecule has 8 nitrogen and oxygen atoms in total. The van der Waals surface area contributed by atoms with Crippen molar-refractivity contribution in [3.8, 4) is 5.75 Å². The number of aromatic nitrogens is 1. The van der Waals surface area contributed by atoms with Crippen molar-refractivity contribution >= 4 is 11.9 Å². The first-order valence-corrected chi connectivity index (χ1v) is 8.46. The molecular formula is C19H17NO7. The Morgan fingerprint density at radius 1 is 0.963 bits per heavy atom. The highest BCUT2D eigenvalue weighted by molar-refractivity contribution is 5.92. The van der Waals surface area contributed by atoms with Gasteiger partial charge in [-0.1, -0.05) is 12.1 Å². The number of fused-ring (bicyclic) bond motifs is 1. The van der Waals surface area contributed by atoms with Gasteiger partial charge in [-0.05, 0) is 24.3 Å². The molecule has 27 heavy (non-hydrogen) atoms. The second kappa shape index (κ2) is 7.34. The number of esters is 2. The molecular weight excluding hydrogens is 354 g/mol. The van der Waals surface area contributed by atoms with Crippen LogP contribution in [-0.2, 0) is 18.9 Å². The van der Waals surface area contributed by atoms with Gasteiger partial charge in [0.2, 0.25) is 0 Å². The van der Waals surface area contributed by atoms with Crippen LogP contribution in [0.5, 0.6) is 5.75 Å². The summed E-state index contributed by atoms with van der Waals surface area (Å²) in [4.78, 5) is 28.3. The van der Waals surface area contributed by atoms with Crippen LogP contribution in [-0.4, -0.2) is 59.7 Å². The highest BCUT2D eigenvalue weighted by Crippen LogP contribution is 2.32. The van der Waals surface area contributed by atoms with Gasteiger partial charge < -0.3 is 24.1 Å². The molecule has 2 unspecified atom stereocenters. The first-order chi connectivity index (χ1) is 13.1. The third-order valence-corrected chi connectivity index (χ3v) is 4.50. The van der Waals surface area contributed by atoms with Crippen LogP contribution < -0.4 is 0 Å². The Bertz CT molecular complexity index is 841. The Morgan fingerprint density at radius 3 is 2.26 bits per heavy atom. The molecule has 0 amide bonds. The Morgan fingerprint density at radius 2 is 1.63 bits per heavy atom. The lowest BCUT2D eigenvalue weighted by Gasteiger charge is -2.17. The molecule has 2 fully saturated rings. The maximum Gasteiger partial charge on any atom is 0.342 e. The SMILES string of the molecule is O=C(OC1CO[C@H]2C1OC[C@@H]2OC(=O)c1ccccc1O)c1cccnc1. The lowest BCUT2D eigenvalue weighted by molar-refractivity contribution is -0.0288. The number of carbonyl (C=O) groups is 2. The van der Waals surface area contributed by atoms with E-state index >= 15 is 0 Å². The molecule has 4 rings (SSSR count). The summed E-state index contributed by atoms with van der Waals surface area (Å²) in [5.41, 5.74) is 0.403.